The number of amides is 1. The lowest BCUT2D eigenvalue weighted by atomic mass is 10.2. The average molecular weight is 290 g/mol. The zero-order valence-corrected chi connectivity index (χ0v) is 11.4. The van der Waals surface area contributed by atoms with E-state index >= 15 is 0 Å². The molecule has 0 saturated carbocycles. The molecule has 0 radical (unpaired) electrons. The van der Waals surface area contributed by atoms with Crippen molar-refractivity contribution in [1.29, 1.82) is 0 Å². The fourth-order valence-corrected chi connectivity index (χ4v) is 2.27. The molecule has 1 aliphatic heterocycles. The molecule has 0 aliphatic carbocycles. The molecular formula is C14H16N3O4+. The summed E-state index contributed by atoms with van der Waals surface area (Å²) >= 11 is 0. The number of carbonyl (C=O) groups excluding carboxylic acids is 1. The van der Waals surface area contributed by atoms with E-state index in [-0.39, 0.29) is 18.6 Å². The Balaban J connectivity index is 1.57. The zero-order valence-electron chi connectivity index (χ0n) is 11.4. The zero-order chi connectivity index (χ0) is 14.7. The van der Waals surface area contributed by atoms with Crippen molar-refractivity contribution in [3.63, 3.8) is 0 Å². The number of hydrogen-bond donors (Lipinski definition) is 1. The van der Waals surface area contributed by atoms with Gasteiger partial charge in [-0.3, -0.25) is 4.52 Å². The molecule has 2 aromatic rings. The molecule has 0 saturated heterocycles. The van der Waals surface area contributed by atoms with Crippen molar-refractivity contribution >= 4 is 6.09 Å². The van der Waals surface area contributed by atoms with Gasteiger partial charge >= 0.3 is 12.0 Å². The van der Waals surface area contributed by atoms with Gasteiger partial charge in [0, 0.05) is 6.54 Å². The van der Waals surface area contributed by atoms with Crippen LogP contribution in [-0.2, 0) is 24.3 Å². The molecule has 1 aliphatic rings. The molecule has 2 heterocycles. The topological polar surface area (TPSA) is 79.7 Å². The van der Waals surface area contributed by atoms with Crippen molar-refractivity contribution < 1.29 is 23.8 Å². The van der Waals surface area contributed by atoms with E-state index in [0.29, 0.717) is 31.7 Å². The Bertz CT molecular complexity index is 626. The Morgan fingerprint density at radius 2 is 2.19 bits per heavy atom. The van der Waals surface area contributed by atoms with E-state index in [9.17, 15) is 9.90 Å². The van der Waals surface area contributed by atoms with Gasteiger partial charge in [0.15, 0.2) is 6.54 Å². The SMILES string of the molecule is O=C(OCc1ccccc1)N1CCc2c(O)on[n+]2CC1. The summed E-state index contributed by atoms with van der Waals surface area (Å²) in [5, 5.41) is 13.2. The largest absolute Gasteiger partial charge is 0.475 e. The first-order valence-electron chi connectivity index (χ1n) is 6.77. The van der Waals surface area contributed by atoms with Crippen molar-refractivity contribution in [3.05, 3.63) is 41.6 Å². The van der Waals surface area contributed by atoms with E-state index in [2.05, 4.69) is 5.27 Å². The Kier molecular flexibility index (Phi) is 3.72. The fraction of sp³-hybridized carbons (Fsp3) is 0.357. The van der Waals surface area contributed by atoms with Crippen LogP contribution >= 0.6 is 0 Å². The van der Waals surface area contributed by atoms with Crippen LogP contribution in [0.25, 0.3) is 0 Å². The van der Waals surface area contributed by atoms with Gasteiger partial charge in [-0.05, 0) is 10.2 Å². The monoisotopic (exact) mass is 290 g/mol. The fourth-order valence-electron chi connectivity index (χ4n) is 2.27. The number of aromatic hydroxyl groups is 1. The lowest BCUT2D eigenvalue weighted by Gasteiger charge is -2.17. The van der Waals surface area contributed by atoms with Crippen LogP contribution in [-0.4, -0.2) is 34.5 Å². The molecule has 0 atom stereocenters. The molecule has 7 nitrogen and oxygen atoms in total. The van der Waals surface area contributed by atoms with Crippen LogP contribution in [0.2, 0.25) is 0 Å². The van der Waals surface area contributed by atoms with E-state index in [0.717, 1.165) is 5.56 Å². The summed E-state index contributed by atoms with van der Waals surface area (Å²) in [6.45, 7) is 1.65. The molecule has 1 aromatic carbocycles. The van der Waals surface area contributed by atoms with Crippen molar-refractivity contribution in [1.82, 2.24) is 10.2 Å². The maximum Gasteiger partial charge on any atom is 0.410 e. The van der Waals surface area contributed by atoms with Crippen molar-refractivity contribution in [2.75, 3.05) is 13.1 Å². The summed E-state index contributed by atoms with van der Waals surface area (Å²) < 4.78 is 11.6. The molecule has 3 rings (SSSR count). The van der Waals surface area contributed by atoms with Crippen molar-refractivity contribution in [3.8, 4) is 5.95 Å². The first kappa shape index (κ1) is 13.4. The van der Waals surface area contributed by atoms with Gasteiger partial charge < -0.3 is 14.7 Å². The number of nitrogens with zero attached hydrogens (tertiary/aromatic N) is 3. The number of hydrogen-bond acceptors (Lipinski definition) is 5. The highest BCUT2D eigenvalue weighted by Crippen LogP contribution is 2.14. The van der Waals surface area contributed by atoms with Gasteiger partial charge in [-0.1, -0.05) is 30.3 Å². The Labute approximate surface area is 121 Å². The highest BCUT2D eigenvalue weighted by atomic mass is 16.6. The predicted molar refractivity (Wildman–Crippen MR) is 70.3 cm³/mol. The first-order chi connectivity index (χ1) is 10.2. The maximum absolute atomic E-state index is 12.1. The van der Waals surface area contributed by atoms with E-state index < -0.39 is 0 Å². The quantitative estimate of drug-likeness (QED) is 0.830. The number of ether oxygens (including phenoxy) is 1. The van der Waals surface area contributed by atoms with Crippen LogP contribution in [0, 0.1) is 0 Å². The number of aromatic nitrogens is 2. The summed E-state index contributed by atoms with van der Waals surface area (Å²) in [6.07, 6.45) is 0.122. The third-order valence-corrected chi connectivity index (χ3v) is 3.45. The molecule has 0 bridgehead atoms. The Morgan fingerprint density at radius 3 is 3.00 bits per heavy atom. The van der Waals surface area contributed by atoms with Crippen LogP contribution in [0.15, 0.2) is 34.9 Å². The maximum atomic E-state index is 12.1. The van der Waals surface area contributed by atoms with Crippen LogP contribution in [0.1, 0.15) is 11.3 Å². The van der Waals surface area contributed by atoms with Gasteiger partial charge in [-0.15, -0.1) is 0 Å². The summed E-state index contributed by atoms with van der Waals surface area (Å²) in [4.78, 5) is 13.7. The van der Waals surface area contributed by atoms with Gasteiger partial charge in [0.1, 0.15) is 6.61 Å². The molecule has 1 aromatic heterocycles. The molecule has 1 N–H and O–H groups in total. The van der Waals surface area contributed by atoms with Crippen LogP contribution in [0.5, 0.6) is 5.95 Å². The summed E-state index contributed by atoms with van der Waals surface area (Å²) in [6, 6.07) is 9.54. The molecule has 1 amide bonds. The molecular weight excluding hydrogens is 274 g/mol. The third-order valence-electron chi connectivity index (χ3n) is 3.45. The molecule has 21 heavy (non-hydrogen) atoms. The van der Waals surface area contributed by atoms with Gasteiger partial charge in [0.05, 0.1) is 13.0 Å². The highest BCUT2D eigenvalue weighted by Gasteiger charge is 2.30. The number of carbonyl (C=O) groups is 1. The minimum absolute atomic E-state index is 0.186. The smallest absolute Gasteiger partial charge is 0.410 e. The second-order valence-corrected chi connectivity index (χ2v) is 4.83. The summed E-state index contributed by atoms with van der Waals surface area (Å²) in [5.41, 5.74) is 1.55. The third kappa shape index (κ3) is 2.96. The lowest BCUT2D eigenvalue weighted by Crippen LogP contribution is -2.42. The minimum Gasteiger partial charge on any atom is -0.475 e. The second kappa shape index (κ2) is 5.82. The van der Waals surface area contributed by atoms with E-state index in [1.807, 2.05) is 30.3 Å². The predicted octanol–water partition coefficient (Wildman–Crippen LogP) is 0.863. The van der Waals surface area contributed by atoms with Gasteiger partial charge in [0.25, 0.3) is 5.69 Å². The van der Waals surface area contributed by atoms with E-state index in [4.69, 9.17) is 9.26 Å². The number of rotatable bonds is 2. The van der Waals surface area contributed by atoms with Crippen LogP contribution in [0.4, 0.5) is 4.79 Å². The van der Waals surface area contributed by atoms with Gasteiger partial charge in [-0.25, -0.2) is 4.79 Å². The minimum atomic E-state index is -0.360. The average Bonchev–Trinajstić information content (AvgIpc) is 2.74. The second-order valence-electron chi connectivity index (χ2n) is 4.83. The summed E-state index contributed by atoms with van der Waals surface area (Å²) in [7, 11) is 0. The van der Waals surface area contributed by atoms with Gasteiger partial charge in [0.2, 0.25) is 5.27 Å². The van der Waals surface area contributed by atoms with E-state index in [1.165, 1.54) is 0 Å². The van der Waals surface area contributed by atoms with Crippen LogP contribution < -0.4 is 4.68 Å². The highest BCUT2D eigenvalue weighted by molar-refractivity contribution is 5.67. The molecule has 7 heteroatoms. The van der Waals surface area contributed by atoms with Crippen molar-refractivity contribution in [2.45, 2.75) is 19.6 Å². The Morgan fingerprint density at radius 1 is 1.38 bits per heavy atom. The lowest BCUT2D eigenvalue weighted by molar-refractivity contribution is -0.765. The van der Waals surface area contributed by atoms with Gasteiger partial charge in [-0.2, -0.15) is 0 Å². The molecule has 110 valence electrons. The van der Waals surface area contributed by atoms with Crippen LogP contribution in [0.3, 0.4) is 0 Å². The number of fused-ring (bicyclic) bond motifs is 1. The normalized spacial score (nSPS) is 14.4. The van der Waals surface area contributed by atoms with E-state index in [1.54, 1.807) is 9.58 Å². The first-order valence-corrected chi connectivity index (χ1v) is 6.77. The summed E-state index contributed by atoms with van der Waals surface area (Å²) in [5.74, 6) is -0.186. The Hall–Kier alpha value is -2.57. The molecule has 0 spiro atoms. The standard InChI is InChI=1S/C14H15N3O4/c18-13-12-6-7-16(8-9-17(12)15-21-13)14(19)20-10-11-4-2-1-3-5-11/h1-5H,6-10H2/p+1. The molecule has 0 fully saturated rings. The van der Waals surface area contributed by atoms with Crippen molar-refractivity contribution in [2.24, 2.45) is 0 Å². The number of benzene rings is 1. The molecule has 0 unspecified atom stereocenters.